The van der Waals surface area contributed by atoms with Crippen LogP contribution in [0.1, 0.15) is 11.1 Å². The molecule has 3 aromatic rings. The summed E-state index contributed by atoms with van der Waals surface area (Å²) in [5.74, 6) is 0.00916. The summed E-state index contributed by atoms with van der Waals surface area (Å²) in [6, 6.07) is 20.1. The summed E-state index contributed by atoms with van der Waals surface area (Å²) < 4.78 is 6.53. The van der Waals surface area contributed by atoms with Gasteiger partial charge in [0.1, 0.15) is 24.0 Å². The molecule has 0 heterocycles. The highest BCUT2D eigenvalue weighted by Gasteiger charge is 2.12. The number of carbonyl (C=O) groups excluding carboxylic acids is 1. The van der Waals surface area contributed by atoms with E-state index in [-0.39, 0.29) is 17.9 Å². The molecule has 0 saturated heterocycles. The molecule has 0 atom stereocenters. The lowest BCUT2D eigenvalue weighted by atomic mass is 10.1. The first-order chi connectivity index (χ1) is 15.4. The van der Waals surface area contributed by atoms with Gasteiger partial charge in [0.15, 0.2) is 0 Å². The highest BCUT2D eigenvalue weighted by atomic mass is 127. The van der Waals surface area contributed by atoms with Gasteiger partial charge in [-0.1, -0.05) is 41.9 Å². The second-order valence-electron chi connectivity index (χ2n) is 6.51. The first-order valence-corrected chi connectivity index (χ1v) is 10.7. The maximum Gasteiger partial charge on any atom is 0.269 e. The van der Waals surface area contributed by atoms with E-state index in [1.165, 1.54) is 18.2 Å². The van der Waals surface area contributed by atoms with Crippen LogP contribution in [0, 0.1) is 25.0 Å². The van der Waals surface area contributed by atoms with E-state index < -0.39 is 10.8 Å². The Hall–Kier alpha value is -3.42. The Morgan fingerprint density at radius 2 is 1.97 bits per heavy atom. The van der Waals surface area contributed by atoms with Crippen molar-refractivity contribution in [1.82, 2.24) is 0 Å². The van der Waals surface area contributed by atoms with Gasteiger partial charge in [-0.3, -0.25) is 14.9 Å². The van der Waals surface area contributed by atoms with Gasteiger partial charge in [0.05, 0.1) is 19.2 Å². The van der Waals surface area contributed by atoms with Crippen molar-refractivity contribution in [1.29, 1.82) is 5.26 Å². The summed E-state index contributed by atoms with van der Waals surface area (Å²) in [4.78, 5) is 22.9. The van der Waals surface area contributed by atoms with Gasteiger partial charge in [-0.2, -0.15) is 5.26 Å². The van der Waals surface area contributed by atoms with E-state index in [4.69, 9.17) is 16.3 Å². The van der Waals surface area contributed by atoms with Crippen LogP contribution in [-0.2, 0) is 11.4 Å². The van der Waals surface area contributed by atoms with Crippen LogP contribution < -0.4 is 10.1 Å². The Balaban J connectivity index is 1.72. The number of halogens is 2. The summed E-state index contributed by atoms with van der Waals surface area (Å²) in [6.45, 7) is 0.163. The van der Waals surface area contributed by atoms with Crippen LogP contribution in [0.15, 0.2) is 72.3 Å². The monoisotopic (exact) mass is 559 g/mol. The highest BCUT2D eigenvalue weighted by molar-refractivity contribution is 14.1. The minimum atomic E-state index is -0.568. The molecule has 7 nitrogen and oxygen atoms in total. The lowest BCUT2D eigenvalue weighted by Gasteiger charge is -2.09. The second-order valence-corrected chi connectivity index (χ2v) is 8.08. The van der Waals surface area contributed by atoms with Crippen LogP contribution >= 0.6 is 34.2 Å². The molecular formula is C23H15ClIN3O4. The zero-order valence-corrected chi connectivity index (χ0v) is 19.3. The van der Waals surface area contributed by atoms with Crippen LogP contribution in [0.3, 0.4) is 0 Å². The standard InChI is InChI=1S/C23H15ClIN3O4/c24-19-6-1-2-7-21(19)27-23(29)17(13-26)10-15-8-9-22(20(25)12-15)32-14-16-4-3-5-18(11-16)28(30)31/h1-12H,14H2,(H,27,29)/b17-10+. The van der Waals surface area contributed by atoms with Crippen LogP contribution in [0.5, 0.6) is 5.75 Å². The minimum Gasteiger partial charge on any atom is -0.488 e. The van der Waals surface area contributed by atoms with Gasteiger partial charge in [-0.15, -0.1) is 0 Å². The van der Waals surface area contributed by atoms with Gasteiger partial charge in [0.2, 0.25) is 0 Å². The molecule has 32 heavy (non-hydrogen) atoms. The van der Waals surface area contributed by atoms with E-state index in [0.717, 1.165) is 3.57 Å². The molecule has 0 fully saturated rings. The Morgan fingerprint density at radius 1 is 1.19 bits per heavy atom. The van der Waals surface area contributed by atoms with Crippen LogP contribution in [-0.4, -0.2) is 10.8 Å². The predicted octanol–water partition coefficient (Wildman–Crippen LogP) is 5.98. The number of ether oxygens (including phenoxy) is 1. The van der Waals surface area contributed by atoms with E-state index in [9.17, 15) is 20.2 Å². The van der Waals surface area contributed by atoms with Crippen molar-refractivity contribution >= 4 is 57.5 Å². The third-order valence-corrected chi connectivity index (χ3v) is 5.44. The van der Waals surface area contributed by atoms with E-state index in [1.54, 1.807) is 54.6 Å². The Morgan fingerprint density at radius 3 is 2.66 bits per heavy atom. The van der Waals surface area contributed by atoms with Gasteiger partial charge < -0.3 is 10.1 Å². The molecule has 0 radical (unpaired) electrons. The van der Waals surface area contributed by atoms with Gasteiger partial charge in [-0.05, 0) is 64.1 Å². The fraction of sp³-hybridized carbons (Fsp3) is 0.0435. The SMILES string of the molecule is N#C/C(=C\c1ccc(OCc2cccc([N+](=O)[O-])c2)c(I)c1)C(=O)Nc1ccccc1Cl. The van der Waals surface area contributed by atoms with Crippen molar-refractivity contribution in [2.75, 3.05) is 5.32 Å². The number of rotatable bonds is 7. The number of anilines is 1. The van der Waals surface area contributed by atoms with Crippen molar-refractivity contribution < 1.29 is 14.5 Å². The predicted molar refractivity (Wildman–Crippen MR) is 130 cm³/mol. The van der Waals surface area contributed by atoms with Crippen molar-refractivity contribution in [2.45, 2.75) is 6.61 Å². The van der Waals surface area contributed by atoms with Crippen molar-refractivity contribution in [3.05, 3.63) is 102 Å². The number of benzene rings is 3. The molecule has 0 spiro atoms. The zero-order chi connectivity index (χ0) is 23.1. The van der Waals surface area contributed by atoms with Crippen LogP contribution in [0.25, 0.3) is 6.08 Å². The van der Waals surface area contributed by atoms with Crippen LogP contribution in [0.4, 0.5) is 11.4 Å². The molecule has 0 bridgehead atoms. The van der Waals surface area contributed by atoms with E-state index >= 15 is 0 Å². The maximum atomic E-state index is 12.5. The van der Waals surface area contributed by atoms with Crippen molar-refractivity contribution in [3.8, 4) is 11.8 Å². The third-order valence-electron chi connectivity index (χ3n) is 4.27. The number of carbonyl (C=O) groups is 1. The number of nitrogens with zero attached hydrogens (tertiary/aromatic N) is 2. The highest BCUT2D eigenvalue weighted by Crippen LogP contribution is 2.26. The molecule has 9 heteroatoms. The molecule has 1 amide bonds. The molecule has 0 aliphatic heterocycles. The quantitative estimate of drug-likeness (QED) is 0.126. The van der Waals surface area contributed by atoms with Crippen molar-refractivity contribution in [3.63, 3.8) is 0 Å². The summed E-state index contributed by atoms with van der Waals surface area (Å²) in [6.07, 6.45) is 1.47. The number of hydrogen-bond acceptors (Lipinski definition) is 5. The molecule has 0 saturated carbocycles. The summed E-state index contributed by atoms with van der Waals surface area (Å²) in [5, 5.41) is 23.3. The molecule has 3 aromatic carbocycles. The smallest absolute Gasteiger partial charge is 0.269 e. The number of amides is 1. The Kier molecular flexibility index (Phi) is 7.81. The Bertz CT molecular complexity index is 1250. The van der Waals surface area contributed by atoms with Gasteiger partial charge in [0.25, 0.3) is 11.6 Å². The molecule has 1 N–H and O–H groups in total. The number of non-ortho nitro benzene ring substituents is 1. The normalized spacial score (nSPS) is 10.8. The van der Waals surface area contributed by atoms with Gasteiger partial charge in [-0.25, -0.2) is 0 Å². The zero-order valence-electron chi connectivity index (χ0n) is 16.4. The fourth-order valence-corrected chi connectivity index (χ4v) is 3.59. The molecule has 3 rings (SSSR count). The summed E-state index contributed by atoms with van der Waals surface area (Å²) in [5.41, 5.74) is 1.65. The lowest BCUT2D eigenvalue weighted by Crippen LogP contribution is -2.13. The maximum absolute atomic E-state index is 12.5. The summed E-state index contributed by atoms with van der Waals surface area (Å²) >= 11 is 8.13. The second kappa shape index (κ2) is 10.7. The molecule has 0 aromatic heterocycles. The topological polar surface area (TPSA) is 105 Å². The number of nitriles is 1. The number of nitro benzene ring substituents is 1. The fourth-order valence-electron chi connectivity index (χ4n) is 2.71. The van der Waals surface area contributed by atoms with E-state index in [0.29, 0.717) is 27.6 Å². The largest absolute Gasteiger partial charge is 0.488 e. The van der Waals surface area contributed by atoms with Gasteiger partial charge in [0, 0.05) is 12.1 Å². The van der Waals surface area contributed by atoms with Gasteiger partial charge >= 0.3 is 0 Å². The molecule has 0 aliphatic rings. The number of nitro groups is 1. The molecular weight excluding hydrogens is 545 g/mol. The average Bonchev–Trinajstić information content (AvgIpc) is 2.78. The molecule has 0 aliphatic carbocycles. The molecule has 0 unspecified atom stereocenters. The van der Waals surface area contributed by atoms with E-state index in [2.05, 4.69) is 27.9 Å². The number of hydrogen-bond donors (Lipinski definition) is 1. The van der Waals surface area contributed by atoms with Crippen molar-refractivity contribution in [2.24, 2.45) is 0 Å². The first-order valence-electron chi connectivity index (χ1n) is 9.20. The Labute approximate surface area is 202 Å². The average molecular weight is 560 g/mol. The first kappa shape index (κ1) is 23.2. The number of para-hydroxylation sites is 1. The minimum absolute atomic E-state index is 0.000354. The van der Waals surface area contributed by atoms with Crippen LogP contribution in [0.2, 0.25) is 5.02 Å². The number of nitrogens with one attached hydrogen (secondary N) is 1. The van der Waals surface area contributed by atoms with E-state index in [1.807, 2.05) is 6.07 Å². The summed E-state index contributed by atoms with van der Waals surface area (Å²) in [7, 11) is 0. The third kappa shape index (κ3) is 6.06. The lowest BCUT2D eigenvalue weighted by molar-refractivity contribution is -0.384. The molecule has 160 valence electrons.